The largest absolute Gasteiger partial charge is 0.368 e. The molecule has 1 aliphatic carbocycles. The van der Waals surface area contributed by atoms with Crippen LogP contribution in [0.5, 0.6) is 0 Å². The Balaban J connectivity index is 1.43. The Hall–Kier alpha value is -0.830. The lowest BCUT2D eigenvalue weighted by Crippen LogP contribution is -2.57. The van der Waals surface area contributed by atoms with Crippen molar-refractivity contribution < 1.29 is 8.42 Å². The van der Waals surface area contributed by atoms with Crippen LogP contribution in [0.1, 0.15) is 44.9 Å². The van der Waals surface area contributed by atoms with Gasteiger partial charge in [-0.2, -0.15) is 16.1 Å². The van der Waals surface area contributed by atoms with Crippen LogP contribution in [0, 0.1) is 0 Å². The highest BCUT2D eigenvalue weighted by atomic mass is 32.2. The van der Waals surface area contributed by atoms with E-state index in [-0.39, 0.29) is 5.54 Å². The number of pyridine rings is 1. The second-order valence-electron chi connectivity index (χ2n) is 8.23. The summed E-state index contributed by atoms with van der Waals surface area (Å²) in [7, 11) is -3.39. The van der Waals surface area contributed by atoms with Crippen LogP contribution >= 0.6 is 11.8 Å². The molecule has 0 unspecified atom stereocenters. The molecule has 8 heteroatoms. The lowest BCUT2D eigenvalue weighted by atomic mass is 9.80. The molecule has 1 N–H and O–H groups in total. The fraction of sp³-hybridized carbons (Fsp3) is 0.750. The number of nitrogens with one attached hydrogen (secondary N) is 1. The molecule has 0 radical (unpaired) electrons. The van der Waals surface area contributed by atoms with E-state index in [2.05, 4.69) is 27.0 Å². The van der Waals surface area contributed by atoms with Gasteiger partial charge in [0.05, 0.1) is 0 Å². The van der Waals surface area contributed by atoms with E-state index in [1.807, 2.05) is 6.07 Å². The molecule has 0 amide bonds. The second-order valence-corrected chi connectivity index (χ2v) is 11.4. The van der Waals surface area contributed by atoms with E-state index < -0.39 is 10.0 Å². The first-order valence-corrected chi connectivity index (χ1v) is 13.2. The van der Waals surface area contributed by atoms with Gasteiger partial charge in [0.2, 0.25) is 10.0 Å². The van der Waals surface area contributed by atoms with Crippen LogP contribution in [0.2, 0.25) is 0 Å². The fourth-order valence-electron chi connectivity index (χ4n) is 4.82. The second kappa shape index (κ2) is 8.90. The number of thioether (sulfide) groups is 1. The molecule has 0 bridgehead atoms. The molecule has 0 aromatic carbocycles. The highest BCUT2D eigenvalue weighted by Gasteiger charge is 2.38. The molecule has 3 aliphatic rings. The molecule has 0 atom stereocenters. The van der Waals surface area contributed by atoms with Crippen molar-refractivity contribution >= 4 is 27.6 Å². The molecule has 28 heavy (non-hydrogen) atoms. The summed E-state index contributed by atoms with van der Waals surface area (Å²) in [6.07, 6.45) is 9.83. The number of anilines is 1. The van der Waals surface area contributed by atoms with E-state index in [9.17, 15) is 8.42 Å². The third-order valence-electron chi connectivity index (χ3n) is 6.50. The van der Waals surface area contributed by atoms with Crippen LogP contribution < -0.4 is 5.32 Å². The quantitative estimate of drug-likeness (QED) is 0.757. The maximum absolute atomic E-state index is 12.7. The van der Waals surface area contributed by atoms with E-state index in [4.69, 9.17) is 0 Å². The van der Waals surface area contributed by atoms with Crippen molar-refractivity contribution in [2.75, 3.05) is 49.5 Å². The van der Waals surface area contributed by atoms with E-state index in [1.54, 1.807) is 10.4 Å². The Kier molecular flexibility index (Phi) is 6.50. The zero-order chi connectivity index (χ0) is 19.5. The van der Waals surface area contributed by atoms with Crippen molar-refractivity contribution in [3.8, 4) is 0 Å². The first-order valence-electron chi connectivity index (χ1n) is 10.6. The Bertz CT molecular complexity index is 736. The molecular weight excluding hydrogens is 392 g/mol. The number of nitrogens with zero attached hydrogens (tertiary/aromatic N) is 3. The van der Waals surface area contributed by atoms with Gasteiger partial charge in [0.15, 0.2) is 0 Å². The van der Waals surface area contributed by atoms with Crippen molar-refractivity contribution in [2.24, 2.45) is 0 Å². The fourth-order valence-corrected chi connectivity index (χ4v) is 7.19. The molecule has 6 nitrogen and oxygen atoms in total. The number of sulfonamides is 1. The van der Waals surface area contributed by atoms with Gasteiger partial charge >= 0.3 is 0 Å². The molecule has 0 spiro atoms. The Morgan fingerprint density at radius 2 is 1.71 bits per heavy atom. The Labute approximate surface area is 173 Å². The molecule has 1 saturated carbocycles. The lowest BCUT2D eigenvalue weighted by molar-refractivity contribution is 0.0706. The van der Waals surface area contributed by atoms with Gasteiger partial charge < -0.3 is 5.32 Å². The predicted molar refractivity (Wildman–Crippen MR) is 115 cm³/mol. The maximum Gasteiger partial charge on any atom is 0.244 e. The number of aromatic nitrogens is 1. The molecule has 4 rings (SSSR count). The number of hydrogen-bond donors (Lipinski definition) is 1. The molecule has 1 aromatic heterocycles. The molecular formula is C20H32N4O2S2. The predicted octanol–water partition coefficient (Wildman–Crippen LogP) is 3.03. The minimum atomic E-state index is -3.39. The van der Waals surface area contributed by atoms with Crippen LogP contribution in [-0.4, -0.2) is 72.4 Å². The first-order chi connectivity index (χ1) is 13.6. The van der Waals surface area contributed by atoms with E-state index in [0.29, 0.717) is 18.0 Å². The standard InChI is InChI=1S/C20H32N4O2S2/c25-28(26,24-10-4-5-11-24)18-6-7-19(21-16-18)22-17-20(8-2-1-3-9-20)23-12-14-27-15-13-23/h6-7,16H,1-5,8-15,17H2,(H,21,22). The van der Waals surface area contributed by atoms with Crippen LogP contribution in [0.25, 0.3) is 0 Å². The average Bonchev–Trinajstić information content (AvgIpc) is 3.30. The van der Waals surface area contributed by atoms with Crippen molar-refractivity contribution in [1.82, 2.24) is 14.2 Å². The highest BCUT2D eigenvalue weighted by molar-refractivity contribution is 7.99. The molecule has 3 fully saturated rings. The summed E-state index contributed by atoms with van der Waals surface area (Å²) in [6.45, 7) is 4.49. The maximum atomic E-state index is 12.7. The third-order valence-corrected chi connectivity index (χ3v) is 9.33. The van der Waals surface area contributed by atoms with Gasteiger partial charge in [-0.25, -0.2) is 13.4 Å². The van der Waals surface area contributed by atoms with Gasteiger partial charge in [0.25, 0.3) is 0 Å². The Morgan fingerprint density at radius 1 is 1.00 bits per heavy atom. The van der Waals surface area contributed by atoms with Gasteiger partial charge in [-0.05, 0) is 37.8 Å². The summed E-state index contributed by atoms with van der Waals surface area (Å²) in [5, 5.41) is 3.53. The zero-order valence-corrected chi connectivity index (χ0v) is 18.2. The smallest absolute Gasteiger partial charge is 0.244 e. The zero-order valence-electron chi connectivity index (χ0n) is 16.6. The van der Waals surface area contributed by atoms with Crippen molar-refractivity contribution in [3.05, 3.63) is 18.3 Å². The minimum Gasteiger partial charge on any atom is -0.368 e. The summed E-state index contributed by atoms with van der Waals surface area (Å²) in [5.74, 6) is 3.23. The molecule has 2 aliphatic heterocycles. The Morgan fingerprint density at radius 3 is 2.36 bits per heavy atom. The van der Waals surface area contributed by atoms with Crippen LogP contribution in [0.15, 0.2) is 23.2 Å². The highest BCUT2D eigenvalue weighted by Crippen LogP contribution is 2.35. The van der Waals surface area contributed by atoms with Crippen LogP contribution in [0.4, 0.5) is 5.82 Å². The van der Waals surface area contributed by atoms with Crippen molar-refractivity contribution in [2.45, 2.75) is 55.4 Å². The van der Waals surface area contributed by atoms with E-state index in [1.165, 1.54) is 62.9 Å². The lowest BCUT2D eigenvalue weighted by Gasteiger charge is -2.48. The molecule has 3 heterocycles. The van der Waals surface area contributed by atoms with Gasteiger partial charge in [-0.1, -0.05) is 19.3 Å². The first kappa shape index (κ1) is 20.4. The molecule has 2 saturated heterocycles. The van der Waals surface area contributed by atoms with E-state index in [0.717, 1.165) is 25.2 Å². The van der Waals surface area contributed by atoms with Gasteiger partial charge in [-0.15, -0.1) is 0 Å². The summed E-state index contributed by atoms with van der Waals surface area (Å²) in [4.78, 5) is 7.44. The SMILES string of the molecule is O=S(=O)(c1ccc(NCC2(N3CCSCC3)CCCCC2)nc1)N1CCCC1. The van der Waals surface area contributed by atoms with Crippen molar-refractivity contribution in [1.29, 1.82) is 0 Å². The van der Waals surface area contributed by atoms with Gasteiger partial charge in [-0.3, -0.25) is 4.90 Å². The summed E-state index contributed by atoms with van der Waals surface area (Å²) in [6, 6.07) is 3.53. The summed E-state index contributed by atoms with van der Waals surface area (Å²) < 4.78 is 26.9. The topological polar surface area (TPSA) is 65.5 Å². The van der Waals surface area contributed by atoms with Crippen LogP contribution in [-0.2, 0) is 10.0 Å². The van der Waals surface area contributed by atoms with Gasteiger partial charge in [0, 0.05) is 56.0 Å². The normalized spacial score (nSPS) is 24.3. The van der Waals surface area contributed by atoms with Crippen molar-refractivity contribution in [3.63, 3.8) is 0 Å². The number of rotatable bonds is 6. The molecule has 1 aromatic rings. The molecule has 156 valence electrons. The minimum absolute atomic E-state index is 0.223. The summed E-state index contributed by atoms with van der Waals surface area (Å²) >= 11 is 2.05. The van der Waals surface area contributed by atoms with Gasteiger partial charge in [0.1, 0.15) is 10.7 Å². The average molecular weight is 425 g/mol. The van der Waals surface area contributed by atoms with Crippen LogP contribution in [0.3, 0.4) is 0 Å². The monoisotopic (exact) mass is 424 g/mol. The number of hydrogen-bond acceptors (Lipinski definition) is 6. The van der Waals surface area contributed by atoms with E-state index >= 15 is 0 Å². The summed E-state index contributed by atoms with van der Waals surface area (Å²) in [5.41, 5.74) is 0.223. The third kappa shape index (κ3) is 4.35.